The van der Waals surface area contributed by atoms with Crippen molar-refractivity contribution in [1.82, 2.24) is 0 Å². The van der Waals surface area contributed by atoms with E-state index in [1.807, 2.05) is 37.3 Å². The van der Waals surface area contributed by atoms with Crippen molar-refractivity contribution in [3.05, 3.63) is 35.9 Å². The summed E-state index contributed by atoms with van der Waals surface area (Å²) in [6.07, 6.45) is -0.171. The van der Waals surface area contributed by atoms with Gasteiger partial charge < -0.3 is 10.8 Å². The van der Waals surface area contributed by atoms with Crippen molar-refractivity contribution in [3.8, 4) is 0 Å². The molecule has 0 unspecified atom stereocenters. The van der Waals surface area contributed by atoms with E-state index in [9.17, 15) is 5.11 Å². The van der Waals surface area contributed by atoms with Crippen LogP contribution in [0.1, 0.15) is 25.0 Å². The molecule has 2 nitrogen and oxygen atoms in total. The first-order valence-electron chi connectivity index (χ1n) is 4.16. The third-order valence-corrected chi connectivity index (χ3v) is 1.76. The molecule has 0 aliphatic rings. The van der Waals surface area contributed by atoms with Gasteiger partial charge in [-0.2, -0.15) is 0 Å². The van der Waals surface area contributed by atoms with Gasteiger partial charge in [0.15, 0.2) is 0 Å². The molecule has 13 heavy (non-hydrogen) atoms. The molecule has 1 rings (SSSR count). The summed E-state index contributed by atoms with van der Waals surface area (Å²) in [5.74, 6) is 0. The van der Waals surface area contributed by atoms with Gasteiger partial charge in [-0.25, -0.2) is 0 Å². The van der Waals surface area contributed by atoms with Crippen LogP contribution in [-0.2, 0) is 0 Å². The molecule has 0 saturated carbocycles. The first kappa shape index (κ1) is 13.1. The van der Waals surface area contributed by atoms with Crippen LogP contribution >= 0.6 is 0 Å². The Balaban J connectivity index is 0.00000144. The van der Waals surface area contributed by atoms with Crippen LogP contribution in [-0.4, -0.2) is 6.04 Å². The third kappa shape index (κ3) is 4.79. The van der Waals surface area contributed by atoms with Crippen LogP contribution in [0, 0.1) is 0 Å². The van der Waals surface area contributed by atoms with Crippen LogP contribution < -0.4 is 40.4 Å². The zero-order chi connectivity index (χ0) is 8.97. The minimum absolute atomic E-state index is 0. The predicted molar refractivity (Wildman–Crippen MR) is 47.4 cm³/mol. The quantitative estimate of drug-likeness (QED) is 0.547. The Labute approximate surface area is 101 Å². The second kappa shape index (κ2) is 6.57. The molecule has 0 aromatic heterocycles. The number of hydrogen-bond acceptors (Lipinski definition) is 2. The standard InChI is InChI=1S/C10H14NO.Na/c1-8(11)7-10(12)9-5-3-2-4-6-9;/h2-6,8,10H,7,11H2,1H3;/q-1;+1/t8-,10-;/m0./s1. The van der Waals surface area contributed by atoms with Crippen molar-refractivity contribution >= 4 is 0 Å². The van der Waals surface area contributed by atoms with E-state index >= 15 is 0 Å². The average Bonchev–Trinajstić information content (AvgIpc) is 2.05. The Morgan fingerprint density at radius 2 is 1.85 bits per heavy atom. The van der Waals surface area contributed by atoms with Gasteiger partial charge >= 0.3 is 29.6 Å². The van der Waals surface area contributed by atoms with Crippen LogP contribution in [0.2, 0.25) is 0 Å². The monoisotopic (exact) mass is 187 g/mol. The Morgan fingerprint density at radius 1 is 1.31 bits per heavy atom. The van der Waals surface area contributed by atoms with Gasteiger partial charge in [-0.1, -0.05) is 48.9 Å². The molecule has 1 aromatic carbocycles. The summed E-state index contributed by atoms with van der Waals surface area (Å²) in [5, 5.41) is 11.5. The van der Waals surface area contributed by atoms with Gasteiger partial charge in [0.1, 0.15) is 0 Å². The molecule has 0 heterocycles. The van der Waals surface area contributed by atoms with E-state index in [0.29, 0.717) is 6.42 Å². The van der Waals surface area contributed by atoms with Crippen LogP contribution in [0.5, 0.6) is 0 Å². The van der Waals surface area contributed by atoms with Crippen molar-refractivity contribution in [3.63, 3.8) is 0 Å². The summed E-state index contributed by atoms with van der Waals surface area (Å²) >= 11 is 0. The number of hydrogen-bond donors (Lipinski definition) is 1. The van der Waals surface area contributed by atoms with Gasteiger partial charge in [-0.15, -0.1) is 0 Å². The predicted octanol–water partition coefficient (Wildman–Crippen LogP) is -2.17. The Morgan fingerprint density at radius 3 is 2.31 bits per heavy atom. The van der Waals surface area contributed by atoms with E-state index in [2.05, 4.69) is 0 Å². The number of benzene rings is 1. The van der Waals surface area contributed by atoms with Gasteiger partial charge in [0.2, 0.25) is 0 Å². The normalized spacial score (nSPS) is 14.4. The molecule has 0 amide bonds. The SMILES string of the molecule is C[C@H](N)C[C@H]([O-])c1ccccc1.[Na+]. The van der Waals surface area contributed by atoms with Crippen molar-refractivity contribution < 1.29 is 34.7 Å². The Bertz CT molecular complexity index is 226. The van der Waals surface area contributed by atoms with Crippen LogP contribution in [0.3, 0.4) is 0 Å². The van der Waals surface area contributed by atoms with E-state index in [-0.39, 0.29) is 35.6 Å². The molecule has 2 N–H and O–H groups in total. The molecule has 2 atom stereocenters. The average molecular weight is 187 g/mol. The van der Waals surface area contributed by atoms with Gasteiger partial charge in [-0.3, -0.25) is 0 Å². The largest absolute Gasteiger partial charge is 1.00 e. The summed E-state index contributed by atoms with van der Waals surface area (Å²) in [6, 6.07) is 9.33. The van der Waals surface area contributed by atoms with Crippen molar-refractivity contribution in [2.45, 2.75) is 25.5 Å². The maximum atomic E-state index is 11.5. The van der Waals surface area contributed by atoms with Crippen molar-refractivity contribution in [2.75, 3.05) is 0 Å². The first-order chi connectivity index (χ1) is 5.70. The third-order valence-electron chi connectivity index (χ3n) is 1.76. The summed E-state index contributed by atoms with van der Waals surface area (Å²) in [6.45, 7) is 1.86. The van der Waals surface area contributed by atoms with Gasteiger partial charge in [0.25, 0.3) is 0 Å². The van der Waals surface area contributed by atoms with E-state index < -0.39 is 6.10 Å². The molecule has 66 valence electrons. The summed E-state index contributed by atoms with van der Waals surface area (Å²) in [4.78, 5) is 0. The fourth-order valence-corrected chi connectivity index (χ4v) is 1.14. The van der Waals surface area contributed by atoms with E-state index in [4.69, 9.17) is 5.73 Å². The fraction of sp³-hybridized carbons (Fsp3) is 0.400. The molecular formula is C10H14NNaO. The van der Waals surface area contributed by atoms with Crippen LogP contribution in [0.15, 0.2) is 30.3 Å². The topological polar surface area (TPSA) is 49.1 Å². The Hall–Kier alpha value is 0.140. The second-order valence-electron chi connectivity index (χ2n) is 3.11. The van der Waals surface area contributed by atoms with Crippen molar-refractivity contribution in [1.29, 1.82) is 0 Å². The minimum Gasteiger partial charge on any atom is -0.848 e. The molecule has 0 aliphatic carbocycles. The molecule has 0 fully saturated rings. The first-order valence-corrected chi connectivity index (χ1v) is 4.16. The zero-order valence-electron chi connectivity index (χ0n) is 8.23. The van der Waals surface area contributed by atoms with Gasteiger partial charge in [0, 0.05) is 6.04 Å². The van der Waals surface area contributed by atoms with Crippen molar-refractivity contribution in [2.24, 2.45) is 5.73 Å². The van der Waals surface area contributed by atoms with Gasteiger partial charge in [-0.05, 0) is 6.42 Å². The maximum Gasteiger partial charge on any atom is 1.00 e. The molecule has 0 aliphatic heterocycles. The maximum absolute atomic E-state index is 11.5. The van der Waals surface area contributed by atoms with Crippen LogP contribution in [0.25, 0.3) is 0 Å². The second-order valence-corrected chi connectivity index (χ2v) is 3.11. The minimum atomic E-state index is -0.675. The molecule has 0 bridgehead atoms. The van der Waals surface area contributed by atoms with E-state index in [1.165, 1.54) is 0 Å². The molecule has 1 aromatic rings. The van der Waals surface area contributed by atoms with Crippen LogP contribution in [0.4, 0.5) is 0 Å². The molecule has 0 radical (unpaired) electrons. The Kier molecular flexibility index (Phi) is 6.64. The molecule has 0 saturated heterocycles. The molecule has 0 spiro atoms. The summed E-state index contributed by atoms with van der Waals surface area (Å²) in [7, 11) is 0. The number of rotatable bonds is 3. The zero-order valence-corrected chi connectivity index (χ0v) is 10.2. The fourth-order valence-electron chi connectivity index (χ4n) is 1.14. The van der Waals surface area contributed by atoms with Gasteiger partial charge in [0.05, 0.1) is 0 Å². The smallest absolute Gasteiger partial charge is 0.848 e. The summed E-state index contributed by atoms with van der Waals surface area (Å²) in [5.41, 5.74) is 6.36. The summed E-state index contributed by atoms with van der Waals surface area (Å²) < 4.78 is 0. The van der Waals surface area contributed by atoms with E-state index in [0.717, 1.165) is 5.56 Å². The van der Waals surface area contributed by atoms with E-state index in [1.54, 1.807) is 0 Å². The number of nitrogens with two attached hydrogens (primary N) is 1. The molecule has 3 heteroatoms. The molecular weight excluding hydrogens is 173 g/mol.